The number of rotatable bonds is 2. The minimum Gasteiger partial charge on any atom is -0.507 e. The Bertz CT molecular complexity index is 1150. The van der Waals surface area contributed by atoms with E-state index in [4.69, 9.17) is 5.73 Å². The van der Waals surface area contributed by atoms with E-state index < -0.39 is 11.2 Å². The average Bonchev–Trinajstić information content (AvgIpc) is 2.67. The molecule has 31 heavy (non-hydrogen) atoms. The molecule has 6 heteroatoms. The number of ketones is 3. The van der Waals surface area contributed by atoms with Crippen LogP contribution < -0.4 is 5.73 Å². The lowest BCUT2D eigenvalue weighted by Crippen LogP contribution is -2.53. The zero-order valence-electron chi connectivity index (χ0n) is 18.2. The van der Waals surface area contributed by atoms with Crippen molar-refractivity contribution >= 4 is 23.1 Å². The lowest BCUT2D eigenvalue weighted by atomic mass is 9.51. The monoisotopic (exact) mass is 421 g/mol. The molecule has 4 atom stereocenters. The fourth-order valence-corrected chi connectivity index (χ4v) is 5.82. The molecule has 0 aliphatic heterocycles. The fourth-order valence-electron chi connectivity index (χ4n) is 5.82. The number of Topliss-reactive ketones (excluding diaryl/α,β-unsaturated/α-hetero) is 3. The molecule has 1 saturated carbocycles. The molecule has 3 aliphatic rings. The van der Waals surface area contributed by atoms with Crippen molar-refractivity contribution in [3.05, 3.63) is 57.8 Å². The second-order valence-corrected chi connectivity index (χ2v) is 9.32. The van der Waals surface area contributed by atoms with Crippen LogP contribution in [-0.2, 0) is 9.59 Å². The van der Waals surface area contributed by atoms with Gasteiger partial charge in [0.25, 0.3) is 0 Å². The van der Waals surface area contributed by atoms with Crippen LogP contribution in [0, 0.1) is 17.3 Å². The van der Waals surface area contributed by atoms with Crippen molar-refractivity contribution in [1.82, 2.24) is 0 Å². The van der Waals surface area contributed by atoms with Crippen molar-refractivity contribution in [2.24, 2.45) is 23.0 Å². The number of phenols is 1. The van der Waals surface area contributed by atoms with Crippen LogP contribution in [0.25, 0.3) is 5.76 Å². The van der Waals surface area contributed by atoms with Crippen molar-refractivity contribution in [3.63, 3.8) is 0 Å². The van der Waals surface area contributed by atoms with Gasteiger partial charge in [0.2, 0.25) is 0 Å². The normalized spacial score (nSPS) is 30.0. The van der Waals surface area contributed by atoms with E-state index in [0.717, 1.165) is 5.57 Å². The van der Waals surface area contributed by atoms with Gasteiger partial charge in [0.1, 0.15) is 11.5 Å². The molecule has 162 valence electrons. The van der Waals surface area contributed by atoms with E-state index in [2.05, 4.69) is 6.58 Å². The zero-order valence-corrected chi connectivity index (χ0v) is 18.2. The first-order chi connectivity index (χ1) is 14.4. The van der Waals surface area contributed by atoms with Crippen molar-refractivity contribution in [2.45, 2.75) is 46.5 Å². The molecule has 0 radical (unpaired) electrons. The van der Waals surface area contributed by atoms with E-state index >= 15 is 0 Å². The van der Waals surface area contributed by atoms with E-state index in [1.807, 2.05) is 13.8 Å². The third-order valence-electron chi connectivity index (χ3n) is 7.62. The van der Waals surface area contributed by atoms with Gasteiger partial charge < -0.3 is 15.9 Å². The molecule has 0 saturated heterocycles. The molecular weight excluding hydrogens is 394 g/mol. The molecule has 6 nitrogen and oxygen atoms in total. The Morgan fingerprint density at radius 3 is 2.45 bits per heavy atom. The minimum atomic E-state index is -1.36. The predicted molar refractivity (Wildman–Crippen MR) is 116 cm³/mol. The van der Waals surface area contributed by atoms with Crippen LogP contribution in [-0.4, -0.2) is 27.6 Å². The summed E-state index contributed by atoms with van der Waals surface area (Å²) in [5.74, 6) is -2.49. The molecular formula is C25H27NO5. The molecule has 3 aliphatic carbocycles. The maximum absolute atomic E-state index is 13.8. The summed E-state index contributed by atoms with van der Waals surface area (Å²) < 4.78 is 0. The van der Waals surface area contributed by atoms with Gasteiger partial charge in [-0.25, -0.2) is 0 Å². The van der Waals surface area contributed by atoms with E-state index in [9.17, 15) is 24.6 Å². The summed E-state index contributed by atoms with van der Waals surface area (Å²) in [4.78, 5) is 39.2. The number of aliphatic hydroxyl groups is 1. The minimum absolute atomic E-state index is 0.0814. The highest BCUT2D eigenvalue weighted by molar-refractivity contribution is 6.24. The van der Waals surface area contributed by atoms with E-state index in [0.29, 0.717) is 24.0 Å². The van der Waals surface area contributed by atoms with E-state index in [-0.39, 0.29) is 63.2 Å². The van der Waals surface area contributed by atoms with Crippen molar-refractivity contribution in [3.8, 4) is 5.75 Å². The lowest BCUT2D eigenvalue weighted by molar-refractivity contribution is -0.142. The third kappa shape index (κ3) is 2.60. The maximum atomic E-state index is 13.8. The Kier molecular flexibility index (Phi) is 4.54. The van der Waals surface area contributed by atoms with Crippen LogP contribution in [0.15, 0.2) is 41.1 Å². The highest BCUT2D eigenvalue weighted by Gasteiger charge is 2.59. The summed E-state index contributed by atoms with van der Waals surface area (Å²) in [6.07, 6.45) is 1.10. The lowest BCUT2D eigenvalue weighted by Gasteiger charge is -2.49. The molecule has 4 rings (SSSR count). The number of nitrogens with two attached hydrogens (primary N) is 1. The highest BCUT2D eigenvalue weighted by Crippen LogP contribution is 2.58. The number of phenolic OH excluding ortho intramolecular Hbond substituents is 1. The topological polar surface area (TPSA) is 118 Å². The zero-order chi connectivity index (χ0) is 23.0. The summed E-state index contributed by atoms with van der Waals surface area (Å²) in [5, 5.41) is 21.9. The number of fused-ring (bicyclic) bond motifs is 3. The molecule has 1 aromatic rings. The summed E-state index contributed by atoms with van der Waals surface area (Å²) in [7, 11) is 0. The number of carbonyl (C=O) groups excluding carboxylic acids is 3. The number of aromatic hydroxyl groups is 1. The van der Waals surface area contributed by atoms with Crippen molar-refractivity contribution in [1.29, 1.82) is 0 Å². The predicted octanol–water partition coefficient (Wildman–Crippen LogP) is 3.95. The largest absolute Gasteiger partial charge is 0.507 e. The van der Waals surface area contributed by atoms with Gasteiger partial charge in [-0.15, -0.1) is 0 Å². The Hall–Kier alpha value is -3.15. The van der Waals surface area contributed by atoms with Gasteiger partial charge in [-0.3, -0.25) is 14.4 Å². The second-order valence-electron chi connectivity index (χ2n) is 9.32. The number of carbonyl (C=O) groups is 3. The third-order valence-corrected chi connectivity index (χ3v) is 7.62. The number of benzene rings is 1. The summed E-state index contributed by atoms with van der Waals surface area (Å²) in [6, 6.07) is 3.28. The Labute approximate surface area is 181 Å². The second kappa shape index (κ2) is 6.67. The van der Waals surface area contributed by atoms with Crippen LogP contribution in [0.1, 0.15) is 67.9 Å². The molecule has 4 N–H and O–H groups in total. The van der Waals surface area contributed by atoms with Crippen molar-refractivity contribution < 1.29 is 24.6 Å². The van der Waals surface area contributed by atoms with Crippen molar-refractivity contribution in [2.75, 3.05) is 0 Å². The van der Waals surface area contributed by atoms with E-state index in [1.165, 1.54) is 6.92 Å². The van der Waals surface area contributed by atoms with Gasteiger partial charge >= 0.3 is 0 Å². The van der Waals surface area contributed by atoms with Crippen LogP contribution in [0.5, 0.6) is 5.75 Å². The molecule has 1 aromatic carbocycles. The molecule has 0 bridgehead atoms. The first-order valence-corrected chi connectivity index (χ1v) is 10.5. The van der Waals surface area contributed by atoms with Gasteiger partial charge in [0.15, 0.2) is 17.3 Å². The Morgan fingerprint density at radius 1 is 1.23 bits per heavy atom. The standard InChI is InChI=1S/C25H27NO5/c1-10-8-14-9-17-11(2)15-6-7-16(13(4)27)21(28)19(15)22(29)20(17)24(31)25(14,5)23(30)18(10)12(3)26/h6-7,11,14,17,28-29H,3,8-9,26H2,1-2,4-5H3/t11-,14+,17?,25-/m0/s1. The van der Waals surface area contributed by atoms with Crippen LogP contribution in [0.4, 0.5) is 0 Å². The SMILES string of the molecule is C=C(N)C1=C(C)C[C@@H]2CC3C(=C(O)c4c(ccc(C(C)=O)c4O)[C@@H]3C)C(=O)[C@]2(C)C1=O. The van der Waals surface area contributed by atoms with Gasteiger partial charge in [-0.05, 0) is 63.0 Å². The highest BCUT2D eigenvalue weighted by atomic mass is 16.3. The van der Waals surface area contributed by atoms with Crippen LogP contribution in [0.3, 0.4) is 0 Å². The number of aliphatic hydroxyl groups excluding tert-OH is 1. The first kappa shape index (κ1) is 21.1. The number of hydrogen-bond donors (Lipinski definition) is 3. The summed E-state index contributed by atoms with van der Waals surface area (Å²) >= 11 is 0. The molecule has 1 fully saturated rings. The number of allylic oxidation sites excluding steroid dienone is 3. The molecule has 0 spiro atoms. The average molecular weight is 421 g/mol. The van der Waals surface area contributed by atoms with Gasteiger partial charge in [-0.2, -0.15) is 0 Å². The smallest absolute Gasteiger partial charge is 0.178 e. The van der Waals surface area contributed by atoms with Crippen LogP contribution >= 0.6 is 0 Å². The molecule has 0 aromatic heterocycles. The molecule has 0 heterocycles. The van der Waals surface area contributed by atoms with E-state index in [1.54, 1.807) is 19.1 Å². The number of hydrogen-bond acceptors (Lipinski definition) is 6. The quantitative estimate of drug-likeness (QED) is 0.491. The molecule has 1 unspecified atom stereocenters. The van der Waals surface area contributed by atoms with Gasteiger partial charge in [0.05, 0.1) is 16.5 Å². The first-order valence-electron chi connectivity index (χ1n) is 10.5. The Morgan fingerprint density at radius 2 is 1.87 bits per heavy atom. The maximum Gasteiger partial charge on any atom is 0.178 e. The van der Waals surface area contributed by atoms with Gasteiger partial charge in [0, 0.05) is 16.8 Å². The molecule has 0 amide bonds. The Balaban J connectivity index is 1.95. The van der Waals surface area contributed by atoms with Crippen LogP contribution in [0.2, 0.25) is 0 Å². The summed E-state index contributed by atoms with van der Waals surface area (Å²) in [6.45, 7) is 10.5. The van der Waals surface area contributed by atoms with Gasteiger partial charge in [-0.1, -0.05) is 25.1 Å². The fraction of sp³-hybridized carbons (Fsp3) is 0.400. The summed E-state index contributed by atoms with van der Waals surface area (Å²) in [5.41, 5.74) is 6.83.